The number of carbonyl (C=O) groups is 2. The van der Waals surface area contributed by atoms with E-state index in [-0.39, 0.29) is 28.5 Å². The molecule has 3 rings (SSSR count). The monoisotopic (exact) mass is 466 g/mol. The average Bonchev–Trinajstić information content (AvgIpc) is 2.83. The summed E-state index contributed by atoms with van der Waals surface area (Å²) < 4.78 is 17.0. The van der Waals surface area contributed by atoms with Crippen LogP contribution in [-0.4, -0.2) is 42.1 Å². The number of nitrogens with zero attached hydrogens (tertiary/aromatic N) is 3. The fraction of sp³-hybridized carbons (Fsp3) is 0.292. The largest absolute Gasteiger partial charge is 0.493 e. The van der Waals surface area contributed by atoms with E-state index in [1.54, 1.807) is 36.4 Å². The summed E-state index contributed by atoms with van der Waals surface area (Å²) >= 11 is 0. The number of ether oxygens (including phenoxy) is 3. The van der Waals surface area contributed by atoms with Gasteiger partial charge in [0.05, 0.1) is 25.8 Å². The molecule has 1 amide bonds. The van der Waals surface area contributed by atoms with Gasteiger partial charge in [0.1, 0.15) is 0 Å². The Kier molecular flexibility index (Phi) is 7.96. The first kappa shape index (κ1) is 24.4. The number of benzene rings is 2. The van der Waals surface area contributed by atoms with Gasteiger partial charge in [-0.2, -0.15) is 10.2 Å². The first-order chi connectivity index (χ1) is 16.4. The van der Waals surface area contributed by atoms with Crippen LogP contribution in [-0.2, 0) is 11.3 Å². The van der Waals surface area contributed by atoms with E-state index in [9.17, 15) is 14.4 Å². The Morgan fingerprint density at radius 3 is 2.35 bits per heavy atom. The van der Waals surface area contributed by atoms with E-state index in [0.29, 0.717) is 22.9 Å². The van der Waals surface area contributed by atoms with Crippen LogP contribution >= 0.6 is 0 Å². The zero-order valence-electron chi connectivity index (χ0n) is 19.5. The number of aromatic nitrogens is 2. The molecule has 0 atom stereocenters. The van der Waals surface area contributed by atoms with Crippen molar-refractivity contribution in [2.24, 2.45) is 5.10 Å². The lowest BCUT2D eigenvalue weighted by Crippen LogP contribution is -2.29. The predicted octanol–water partition coefficient (Wildman–Crippen LogP) is 2.90. The minimum Gasteiger partial charge on any atom is -0.493 e. The number of esters is 1. The fourth-order valence-corrected chi connectivity index (χ4v) is 3.30. The fourth-order valence-electron chi connectivity index (χ4n) is 3.30. The normalized spacial score (nSPS) is 10.9. The molecule has 0 radical (unpaired) electrons. The number of hydrogen-bond donors (Lipinski definition) is 1. The summed E-state index contributed by atoms with van der Waals surface area (Å²) in [7, 11) is 2.85. The zero-order chi connectivity index (χ0) is 24.7. The number of rotatable bonds is 9. The van der Waals surface area contributed by atoms with E-state index < -0.39 is 11.9 Å². The van der Waals surface area contributed by atoms with Crippen LogP contribution in [0.1, 0.15) is 42.7 Å². The van der Waals surface area contributed by atoms with Gasteiger partial charge in [0.15, 0.2) is 17.2 Å². The number of methoxy groups -OCH3 is 2. The molecule has 0 aliphatic heterocycles. The van der Waals surface area contributed by atoms with Crippen LogP contribution < -0.4 is 25.2 Å². The topological polar surface area (TPSA) is 121 Å². The Hall–Kier alpha value is -4.21. The molecule has 0 aliphatic rings. The Bertz CT molecular complexity index is 1270. The molecule has 0 saturated carbocycles. The molecule has 178 valence electrons. The highest BCUT2D eigenvalue weighted by atomic mass is 16.6. The first-order valence-electron chi connectivity index (χ1n) is 10.7. The van der Waals surface area contributed by atoms with Gasteiger partial charge in [0, 0.05) is 24.4 Å². The van der Waals surface area contributed by atoms with Crippen molar-refractivity contribution in [3.8, 4) is 17.2 Å². The molecule has 34 heavy (non-hydrogen) atoms. The zero-order valence-corrected chi connectivity index (χ0v) is 19.5. The number of amides is 1. The summed E-state index contributed by atoms with van der Waals surface area (Å²) in [5, 5.41) is 9.16. The van der Waals surface area contributed by atoms with Crippen LogP contribution in [0.2, 0.25) is 0 Å². The average molecular weight is 466 g/mol. The van der Waals surface area contributed by atoms with Gasteiger partial charge in [-0.15, -0.1) is 0 Å². The number of nitrogens with one attached hydrogen (secondary N) is 1. The van der Waals surface area contributed by atoms with Gasteiger partial charge in [-0.3, -0.25) is 14.4 Å². The number of unbranched alkanes of at least 4 members (excludes halogenated alkanes) is 1. The van der Waals surface area contributed by atoms with E-state index in [2.05, 4.69) is 15.6 Å². The Balaban J connectivity index is 1.90. The Morgan fingerprint density at radius 2 is 1.76 bits per heavy atom. The molecule has 0 saturated heterocycles. The number of carbonyl (C=O) groups excluding carboxylic acids is 2. The molecular weight excluding hydrogens is 440 g/mol. The second kappa shape index (κ2) is 11.1. The second-order valence-corrected chi connectivity index (χ2v) is 7.32. The van der Waals surface area contributed by atoms with Gasteiger partial charge in [0.2, 0.25) is 5.75 Å². The van der Waals surface area contributed by atoms with Crippen molar-refractivity contribution in [1.29, 1.82) is 0 Å². The lowest BCUT2D eigenvalue weighted by molar-refractivity contribution is -0.132. The smallest absolute Gasteiger partial charge is 0.308 e. The molecule has 0 fully saturated rings. The van der Waals surface area contributed by atoms with Crippen molar-refractivity contribution in [1.82, 2.24) is 15.2 Å². The van der Waals surface area contributed by atoms with Gasteiger partial charge >= 0.3 is 5.97 Å². The molecule has 2 aromatic carbocycles. The third-order valence-electron chi connectivity index (χ3n) is 4.91. The second-order valence-electron chi connectivity index (χ2n) is 7.32. The van der Waals surface area contributed by atoms with Crippen LogP contribution in [0.3, 0.4) is 0 Å². The molecule has 0 spiro atoms. The summed E-state index contributed by atoms with van der Waals surface area (Å²) in [6.45, 7) is 3.70. The van der Waals surface area contributed by atoms with Crippen molar-refractivity contribution >= 4 is 28.9 Å². The highest BCUT2D eigenvalue weighted by Gasteiger charge is 2.17. The number of hydrazone groups is 1. The van der Waals surface area contributed by atoms with Crippen molar-refractivity contribution in [2.45, 2.75) is 33.2 Å². The maximum atomic E-state index is 12.9. The first-order valence-corrected chi connectivity index (χ1v) is 10.7. The van der Waals surface area contributed by atoms with Gasteiger partial charge in [-0.1, -0.05) is 31.5 Å². The maximum absolute atomic E-state index is 12.9. The summed E-state index contributed by atoms with van der Waals surface area (Å²) in [6, 6.07) is 9.99. The molecule has 1 heterocycles. The molecule has 1 N–H and O–H groups in total. The lowest BCUT2D eigenvalue weighted by atomic mass is 10.1. The van der Waals surface area contributed by atoms with E-state index in [4.69, 9.17) is 14.2 Å². The Morgan fingerprint density at radius 1 is 1.12 bits per heavy atom. The summed E-state index contributed by atoms with van der Waals surface area (Å²) in [6.07, 6.45) is 3.03. The van der Waals surface area contributed by atoms with Crippen molar-refractivity contribution in [3.63, 3.8) is 0 Å². The summed E-state index contributed by atoms with van der Waals surface area (Å²) in [4.78, 5) is 37.0. The molecule has 3 aromatic rings. The predicted molar refractivity (Wildman–Crippen MR) is 127 cm³/mol. The van der Waals surface area contributed by atoms with Crippen LogP contribution in [0.15, 0.2) is 46.3 Å². The molecule has 10 nitrogen and oxygen atoms in total. The molecule has 1 aromatic heterocycles. The number of fused-ring (bicyclic) bond motifs is 1. The highest BCUT2D eigenvalue weighted by molar-refractivity contribution is 6.05. The number of aryl methyl sites for hydroxylation is 1. The van der Waals surface area contributed by atoms with Gasteiger partial charge in [-0.25, -0.2) is 10.1 Å². The molecule has 0 unspecified atom stereocenters. The maximum Gasteiger partial charge on any atom is 0.308 e. The lowest BCUT2D eigenvalue weighted by Gasteiger charge is -2.13. The minimum absolute atomic E-state index is 0.101. The van der Waals surface area contributed by atoms with E-state index in [0.717, 1.165) is 12.8 Å². The summed E-state index contributed by atoms with van der Waals surface area (Å²) in [5.41, 5.74) is 2.83. The van der Waals surface area contributed by atoms with Gasteiger partial charge in [0.25, 0.3) is 11.5 Å². The minimum atomic E-state index is -0.562. The highest BCUT2D eigenvalue weighted by Crippen LogP contribution is 2.38. The van der Waals surface area contributed by atoms with Crippen molar-refractivity contribution in [3.05, 3.63) is 58.0 Å². The molecular formula is C24H26N4O6. The third kappa shape index (κ3) is 5.40. The van der Waals surface area contributed by atoms with E-state index >= 15 is 0 Å². The van der Waals surface area contributed by atoms with Gasteiger partial charge in [-0.05, 0) is 24.6 Å². The van der Waals surface area contributed by atoms with Crippen LogP contribution in [0.5, 0.6) is 17.2 Å². The SMILES string of the molecule is CCCCn1nc(C(=O)N/N=C/c2cc(OC)c(OC(C)=O)c(OC)c2)c2ccccc2c1=O. The van der Waals surface area contributed by atoms with Crippen molar-refractivity contribution < 1.29 is 23.8 Å². The van der Waals surface area contributed by atoms with Crippen LogP contribution in [0.4, 0.5) is 0 Å². The molecule has 0 bridgehead atoms. The van der Waals surface area contributed by atoms with Gasteiger partial charge < -0.3 is 14.2 Å². The third-order valence-corrected chi connectivity index (χ3v) is 4.91. The van der Waals surface area contributed by atoms with Crippen LogP contribution in [0.25, 0.3) is 10.8 Å². The van der Waals surface area contributed by atoms with E-state index in [1.165, 1.54) is 32.0 Å². The molecule has 10 heteroatoms. The van der Waals surface area contributed by atoms with Crippen LogP contribution in [0, 0.1) is 0 Å². The van der Waals surface area contributed by atoms with E-state index in [1.807, 2.05) is 6.92 Å². The number of hydrogen-bond acceptors (Lipinski definition) is 8. The standard InChI is InChI=1S/C24H26N4O6/c1-5-6-11-28-24(31)18-10-8-7-9-17(18)21(27-28)23(30)26-25-14-16-12-19(32-3)22(34-15(2)29)20(13-16)33-4/h7-10,12-14H,5-6,11H2,1-4H3,(H,26,30)/b25-14+. The molecule has 0 aliphatic carbocycles. The quantitative estimate of drug-likeness (QED) is 0.223. The summed E-state index contributed by atoms with van der Waals surface area (Å²) in [5.74, 6) is -0.418. The Labute approximate surface area is 196 Å². The van der Waals surface area contributed by atoms with Crippen molar-refractivity contribution in [2.75, 3.05) is 14.2 Å².